The molecule has 0 saturated heterocycles. The molecule has 1 aliphatic carbocycles. The van der Waals surface area contributed by atoms with Crippen molar-refractivity contribution < 1.29 is 4.79 Å². The van der Waals surface area contributed by atoms with Crippen molar-refractivity contribution in [1.82, 2.24) is 0 Å². The molecule has 0 heterocycles. The minimum Gasteiger partial charge on any atom is -0.399 e. The fraction of sp³-hybridized carbons (Fsp3) is 0.533. The number of unbranched alkanes of at least 4 members (excludes halogenated alkanes) is 2. The lowest BCUT2D eigenvalue weighted by molar-refractivity contribution is -0.121. The van der Waals surface area contributed by atoms with Crippen LogP contribution in [0.1, 0.15) is 51.0 Å². The largest absolute Gasteiger partial charge is 0.399 e. The Morgan fingerprint density at radius 3 is 2.41 bits per heavy atom. The molecule has 0 amide bonds. The topological polar surface area (TPSA) is 43.1 Å². The Balaban J connectivity index is 2.03. The summed E-state index contributed by atoms with van der Waals surface area (Å²) in [5.74, 6) is 0.427. The molecule has 2 nitrogen and oxygen atoms in total. The van der Waals surface area contributed by atoms with Crippen LogP contribution >= 0.6 is 0 Å². The van der Waals surface area contributed by atoms with Gasteiger partial charge in [0, 0.05) is 12.1 Å². The third-order valence-corrected chi connectivity index (χ3v) is 3.75. The van der Waals surface area contributed by atoms with E-state index in [1.165, 1.54) is 6.42 Å². The zero-order valence-corrected chi connectivity index (χ0v) is 10.5. The van der Waals surface area contributed by atoms with Gasteiger partial charge in [0.2, 0.25) is 0 Å². The molecule has 0 bridgehead atoms. The predicted molar refractivity (Wildman–Crippen MR) is 70.9 cm³/mol. The SMILES string of the molecule is CCCCCC(=O)C1(c2ccc(N)cc2)CC1. The standard InChI is InChI=1S/C15H21NO/c1-2-3-4-5-14(17)15(10-11-15)12-6-8-13(16)9-7-12/h6-9H,2-5,10-11,16H2,1H3. The van der Waals surface area contributed by atoms with Gasteiger partial charge in [0.25, 0.3) is 0 Å². The monoisotopic (exact) mass is 231 g/mol. The van der Waals surface area contributed by atoms with Crippen molar-refractivity contribution in [3.8, 4) is 0 Å². The van der Waals surface area contributed by atoms with Crippen molar-refractivity contribution in [3.05, 3.63) is 29.8 Å². The Kier molecular flexibility index (Phi) is 3.51. The molecule has 0 aliphatic heterocycles. The highest BCUT2D eigenvalue weighted by atomic mass is 16.1. The minimum atomic E-state index is -0.151. The summed E-state index contributed by atoms with van der Waals surface area (Å²) in [6, 6.07) is 7.82. The Bertz CT molecular complexity index is 390. The average Bonchev–Trinajstić information content (AvgIpc) is 3.11. The van der Waals surface area contributed by atoms with Gasteiger partial charge in [-0.2, -0.15) is 0 Å². The lowest BCUT2D eigenvalue weighted by Gasteiger charge is -2.14. The van der Waals surface area contributed by atoms with E-state index in [2.05, 4.69) is 6.92 Å². The normalized spacial score (nSPS) is 16.8. The Hall–Kier alpha value is -1.31. The molecule has 1 aromatic carbocycles. The number of ketones is 1. The molecule has 0 radical (unpaired) electrons. The Morgan fingerprint density at radius 1 is 1.24 bits per heavy atom. The molecule has 92 valence electrons. The van der Waals surface area contributed by atoms with E-state index in [-0.39, 0.29) is 5.41 Å². The number of Topliss-reactive ketones (excluding diaryl/α,β-unsaturated/α-hetero) is 1. The number of anilines is 1. The van der Waals surface area contributed by atoms with Crippen LogP contribution in [0.3, 0.4) is 0 Å². The van der Waals surface area contributed by atoms with E-state index < -0.39 is 0 Å². The summed E-state index contributed by atoms with van der Waals surface area (Å²) in [6.45, 7) is 2.16. The smallest absolute Gasteiger partial charge is 0.143 e. The van der Waals surface area contributed by atoms with E-state index in [4.69, 9.17) is 5.73 Å². The molecule has 1 aliphatic rings. The van der Waals surface area contributed by atoms with Crippen molar-refractivity contribution in [2.24, 2.45) is 0 Å². The van der Waals surface area contributed by atoms with Crippen molar-refractivity contribution in [3.63, 3.8) is 0 Å². The quantitative estimate of drug-likeness (QED) is 0.602. The highest BCUT2D eigenvalue weighted by molar-refractivity contribution is 5.93. The second kappa shape index (κ2) is 4.91. The third kappa shape index (κ3) is 2.51. The second-order valence-corrected chi connectivity index (χ2v) is 5.08. The zero-order valence-electron chi connectivity index (χ0n) is 10.5. The fourth-order valence-corrected chi connectivity index (χ4v) is 2.43. The highest BCUT2D eigenvalue weighted by Gasteiger charge is 2.49. The molecule has 17 heavy (non-hydrogen) atoms. The molecule has 1 aromatic rings. The van der Waals surface area contributed by atoms with Crippen LogP contribution in [-0.4, -0.2) is 5.78 Å². The number of hydrogen-bond donors (Lipinski definition) is 1. The molecular weight excluding hydrogens is 210 g/mol. The Morgan fingerprint density at radius 2 is 1.88 bits per heavy atom. The lowest BCUT2D eigenvalue weighted by atomic mass is 9.88. The molecule has 2 rings (SSSR count). The van der Waals surface area contributed by atoms with Crippen LogP contribution in [0.2, 0.25) is 0 Å². The van der Waals surface area contributed by atoms with Crippen LogP contribution in [0.5, 0.6) is 0 Å². The highest BCUT2D eigenvalue weighted by Crippen LogP contribution is 2.50. The molecule has 2 heteroatoms. The van der Waals surface area contributed by atoms with Crippen LogP contribution in [-0.2, 0) is 10.2 Å². The van der Waals surface area contributed by atoms with E-state index in [1.807, 2.05) is 24.3 Å². The maximum absolute atomic E-state index is 12.3. The van der Waals surface area contributed by atoms with Crippen LogP contribution in [0, 0.1) is 0 Å². The third-order valence-electron chi connectivity index (χ3n) is 3.75. The number of rotatable bonds is 6. The van der Waals surface area contributed by atoms with Crippen molar-refractivity contribution in [2.45, 2.75) is 50.9 Å². The first-order valence-electron chi connectivity index (χ1n) is 6.58. The molecule has 0 atom stereocenters. The molecule has 1 fully saturated rings. The summed E-state index contributed by atoms with van der Waals surface area (Å²) in [5, 5.41) is 0. The fourth-order valence-electron chi connectivity index (χ4n) is 2.43. The minimum absolute atomic E-state index is 0.151. The second-order valence-electron chi connectivity index (χ2n) is 5.08. The van der Waals surface area contributed by atoms with Gasteiger partial charge in [-0.05, 0) is 37.0 Å². The predicted octanol–water partition coefficient (Wildman–Crippen LogP) is 3.45. The first-order chi connectivity index (χ1) is 8.19. The van der Waals surface area contributed by atoms with Crippen molar-refractivity contribution in [1.29, 1.82) is 0 Å². The summed E-state index contributed by atoms with van der Waals surface area (Å²) in [5.41, 5.74) is 7.46. The Labute approximate surface area is 103 Å². The molecule has 0 aromatic heterocycles. The van der Waals surface area contributed by atoms with Gasteiger partial charge in [-0.15, -0.1) is 0 Å². The van der Waals surface area contributed by atoms with Gasteiger partial charge in [0.05, 0.1) is 5.41 Å². The molecule has 0 unspecified atom stereocenters. The number of benzene rings is 1. The van der Waals surface area contributed by atoms with Gasteiger partial charge in [-0.1, -0.05) is 31.9 Å². The summed E-state index contributed by atoms with van der Waals surface area (Å²) < 4.78 is 0. The van der Waals surface area contributed by atoms with Crippen molar-refractivity contribution in [2.75, 3.05) is 5.73 Å². The lowest BCUT2D eigenvalue weighted by Crippen LogP contribution is -2.20. The van der Waals surface area contributed by atoms with Crippen molar-refractivity contribution >= 4 is 11.5 Å². The number of nitrogens with two attached hydrogens (primary N) is 1. The van der Waals surface area contributed by atoms with Gasteiger partial charge < -0.3 is 5.73 Å². The first kappa shape index (κ1) is 12.2. The van der Waals surface area contributed by atoms with E-state index in [0.29, 0.717) is 5.78 Å². The van der Waals surface area contributed by atoms with Gasteiger partial charge in [0.1, 0.15) is 5.78 Å². The van der Waals surface area contributed by atoms with Gasteiger partial charge in [-0.3, -0.25) is 4.79 Å². The molecule has 1 saturated carbocycles. The maximum atomic E-state index is 12.3. The van der Waals surface area contributed by atoms with Crippen LogP contribution in [0.15, 0.2) is 24.3 Å². The summed E-state index contributed by atoms with van der Waals surface area (Å²) >= 11 is 0. The van der Waals surface area contributed by atoms with E-state index in [0.717, 1.165) is 43.4 Å². The van der Waals surface area contributed by atoms with Gasteiger partial charge in [-0.25, -0.2) is 0 Å². The van der Waals surface area contributed by atoms with Crippen LogP contribution < -0.4 is 5.73 Å². The molecular formula is C15H21NO. The van der Waals surface area contributed by atoms with E-state index >= 15 is 0 Å². The number of nitrogen functional groups attached to an aromatic ring is 1. The van der Waals surface area contributed by atoms with E-state index in [1.54, 1.807) is 0 Å². The maximum Gasteiger partial charge on any atom is 0.143 e. The number of carbonyl (C=O) groups excluding carboxylic acids is 1. The molecule has 0 spiro atoms. The number of carbonyl (C=O) groups is 1. The summed E-state index contributed by atoms with van der Waals surface area (Å²) in [6.07, 6.45) is 6.12. The number of hydrogen-bond acceptors (Lipinski definition) is 2. The average molecular weight is 231 g/mol. The van der Waals surface area contributed by atoms with E-state index in [9.17, 15) is 4.79 Å². The van der Waals surface area contributed by atoms with Gasteiger partial charge in [0.15, 0.2) is 0 Å². The van der Waals surface area contributed by atoms with Crippen LogP contribution in [0.4, 0.5) is 5.69 Å². The van der Waals surface area contributed by atoms with Gasteiger partial charge >= 0.3 is 0 Å². The first-order valence-corrected chi connectivity index (χ1v) is 6.58. The summed E-state index contributed by atoms with van der Waals surface area (Å²) in [7, 11) is 0. The molecule has 2 N–H and O–H groups in total. The summed E-state index contributed by atoms with van der Waals surface area (Å²) in [4.78, 5) is 12.3. The zero-order chi connectivity index (χ0) is 12.3. The van der Waals surface area contributed by atoms with Crippen LogP contribution in [0.25, 0.3) is 0 Å².